The van der Waals surface area contributed by atoms with Crippen LogP contribution in [0.25, 0.3) is 11.6 Å². The van der Waals surface area contributed by atoms with Gasteiger partial charge in [0.05, 0.1) is 26.7 Å². The fraction of sp³-hybridized carbons (Fsp3) is 0.125. The van der Waals surface area contributed by atoms with Crippen molar-refractivity contribution in [3.05, 3.63) is 91.0 Å². The molecule has 0 heterocycles. The lowest BCUT2D eigenvalue weighted by Gasteiger charge is -2.15. The van der Waals surface area contributed by atoms with Gasteiger partial charge in [-0.1, -0.05) is 17.7 Å². The van der Waals surface area contributed by atoms with E-state index in [1.807, 2.05) is 29.5 Å². The molecule has 0 atom stereocenters. The van der Waals surface area contributed by atoms with Crippen molar-refractivity contribution in [2.45, 2.75) is 18.7 Å². The van der Waals surface area contributed by atoms with E-state index in [1.54, 1.807) is 37.3 Å². The maximum atomic E-state index is 12.8. The van der Waals surface area contributed by atoms with Crippen LogP contribution in [0.5, 0.6) is 11.5 Å². The molecule has 3 aromatic carbocycles. The summed E-state index contributed by atoms with van der Waals surface area (Å²) in [6.07, 6.45) is 1.59. The van der Waals surface area contributed by atoms with Crippen LogP contribution < -0.4 is 8.92 Å². The van der Waals surface area contributed by atoms with Crippen LogP contribution in [0, 0.1) is 31.9 Å². The molecule has 0 spiro atoms. The molecule has 0 bridgehead atoms. The number of benzene rings is 3. The Morgan fingerprint density at radius 2 is 1.79 bits per heavy atom. The zero-order chi connectivity index (χ0) is 24.9. The van der Waals surface area contributed by atoms with E-state index in [-0.39, 0.29) is 34.3 Å². The van der Waals surface area contributed by atoms with Gasteiger partial charge < -0.3 is 8.92 Å². The van der Waals surface area contributed by atoms with Crippen LogP contribution in [0.2, 0.25) is 0 Å². The van der Waals surface area contributed by atoms with E-state index in [4.69, 9.17) is 8.92 Å². The van der Waals surface area contributed by atoms with Gasteiger partial charge >= 0.3 is 10.1 Å². The lowest BCUT2D eigenvalue weighted by atomic mass is 10.0. The Bertz CT molecular complexity index is 1390. The second-order valence-corrected chi connectivity index (χ2v) is 9.80. The van der Waals surface area contributed by atoms with Crippen molar-refractivity contribution < 1.29 is 22.3 Å². The number of non-ortho nitro benzene ring substituents is 1. The predicted octanol–water partition coefficient (Wildman–Crippen LogP) is 5.74. The van der Waals surface area contributed by atoms with Crippen molar-refractivity contribution >= 4 is 50.0 Å². The summed E-state index contributed by atoms with van der Waals surface area (Å²) in [6, 6.07) is 17.3. The number of hydrogen-bond acceptors (Lipinski definition) is 7. The third kappa shape index (κ3) is 5.92. The highest BCUT2D eigenvalue weighted by Gasteiger charge is 2.22. The van der Waals surface area contributed by atoms with Crippen molar-refractivity contribution in [1.29, 1.82) is 5.26 Å². The van der Waals surface area contributed by atoms with Gasteiger partial charge in [-0.15, -0.1) is 0 Å². The summed E-state index contributed by atoms with van der Waals surface area (Å²) in [5.41, 5.74) is 2.19. The van der Waals surface area contributed by atoms with Crippen molar-refractivity contribution in [3.63, 3.8) is 0 Å². The molecule has 174 valence electrons. The van der Waals surface area contributed by atoms with Crippen LogP contribution in [0.3, 0.4) is 0 Å². The molecule has 0 amide bonds. The third-order valence-electron chi connectivity index (χ3n) is 4.65. The molecule has 0 N–H and O–H groups in total. The minimum absolute atomic E-state index is 0.0188. The summed E-state index contributed by atoms with van der Waals surface area (Å²) in [5.74, 6) is 0.256. The summed E-state index contributed by atoms with van der Waals surface area (Å²) in [7, 11) is -4.10. The maximum absolute atomic E-state index is 12.8. The first-order chi connectivity index (χ1) is 16.1. The molecular formula is C24H19IN2O6S. The van der Waals surface area contributed by atoms with E-state index in [9.17, 15) is 23.8 Å². The van der Waals surface area contributed by atoms with Gasteiger partial charge in [-0.3, -0.25) is 10.1 Å². The van der Waals surface area contributed by atoms with E-state index in [0.29, 0.717) is 14.7 Å². The van der Waals surface area contributed by atoms with E-state index >= 15 is 0 Å². The standard InChI is InChI=1S/C24H19IN2O6S/c1-3-32-23-14-17(12-19(15-26)18-6-8-20(9-7-18)27(28)29)13-22(25)24(23)33-34(30,31)21-10-4-16(2)5-11-21/h4-14H,3H2,1-2H3/b19-12+. The van der Waals surface area contributed by atoms with Gasteiger partial charge in [-0.25, -0.2) is 0 Å². The molecule has 0 saturated heterocycles. The van der Waals surface area contributed by atoms with Gasteiger partial charge in [-0.05, 0) is 90.0 Å². The molecule has 0 aliphatic carbocycles. The molecule has 8 nitrogen and oxygen atoms in total. The summed E-state index contributed by atoms with van der Waals surface area (Å²) in [5, 5.41) is 20.5. The fourth-order valence-electron chi connectivity index (χ4n) is 2.99. The summed E-state index contributed by atoms with van der Waals surface area (Å²) in [6.45, 7) is 3.87. The molecule has 0 radical (unpaired) electrons. The van der Waals surface area contributed by atoms with Crippen LogP contribution in [0.4, 0.5) is 5.69 Å². The van der Waals surface area contributed by atoms with Gasteiger partial charge in [0.25, 0.3) is 5.69 Å². The van der Waals surface area contributed by atoms with Gasteiger partial charge in [0, 0.05) is 12.1 Å². The van der Waals surface area contributed by atoms with Crippen LogP contribution in [-0.2, 0) is 10.1 Å². The molecule has 34 heavy (non-hydrogen) atoms. The second kappa shape index (κ2) is 10.7. The van der Waals surface area contributed by atoms with Crippen molar-refractivity contribution in [2.75, 3.05) is 6.61 Å². The number of nitrogens with zero attached hydrogens (tertiary/aromatic N) is 2. The first-order valence-electron chi connectivity index (χ1n) is 9.98. The maximum Gasteiger partial charge on any atom is 0.339 e. The average molecular weight is 590 g/mol. The largest absolute Gasteiger partial charge is 0.490 e. The normalized spacial score (nSPS) is 11.5. The number of allylic oxidation sites excluding steroid dienone is 1. The number of nitro groups is 1. The zero-order valence-electron chi connectivity index (χ0n) is 18.2. The highest BCUT2D eigenvalue weighted by Crippen LogP contribution is 2.37. The quantitative estimate of drug-likeness (QED) is 0.0820. The average Bonchev–Trinajstić information content (AvgIpc) is 2.80. The molecule has 0 aromatic heterocycles. The number of ether oxygens (including phenoxy) is 1. The number of hydrogen-bond donors (Lipinski definition) is 0. The smallest absolute Gasteiger partial charge is 0.339 e. The molecular weight excluding hydrogens is 571 g/mol. The van der Waals surface area contributed by atoms with Crippen LogP contribution in [0.1, 0.15) is 23.6 Å². The first-order valence-corrected chi connectivity index (χ1v) is 12.5. The molecule has 10 heteroatoms. The molecule has 3 aromatic rings. The van der Waals surface area contributed by atoms with E-state index in [0.717, 1.165) is 5.56 Å². The molecule has 0 aliphatic heterocycles. The third-order valence-corrected chi connectivity index (χ3v) is 6.69. The van der Waals surface area contributed by atoms with Crippen molar-refractivity contribution in [1.82, 2.24) is 0 Å². The Labute approximate surface area is 210 Å². The highest BCUT2D eigenvalue weighted by atomic mass is 127. The Balaban J connectivity index is 2.00. The lowest BCUT2D eigenvalue weighted by molar-refractivity contribution is -0.384. The Kier molecular flexibility index (Phi) is 7.90. The molecule has 0 unspecified atom stereocenters. The van der Waals surface area contributed by atoms with Gasteiger partial charge in [0.1, 0.15) is 4.90 Å². The lowest BCUT2D eigenvalue weighted by Crippen LogP contribution is -2.12. The molecule has 0 fully saturated rings. The summed E-state index contributed by atoms with van der Waals surface area (Å²) >= 11 is 1.94. The van der Waals surface area contributed by atoms with E-state index in [2.05, 4.69) is 6.07 Å². The number of rotatable bonds is 8. The summed E-state index contributed by atoms with van der Waals surface area (Å²) in [4.78, 5) is 10.4. The molecule has 0 aliphatic rings. The van der Waals surface area contributed by atoms with Gasteiger partial charge in [0.2, 0.25) is 0 Å². The zero-order valence-corrected chi connectivity index (χ0v) is 21.2. The summed E-state index contributed by atoms with van der Waals surface area (Å²) < 4.78 is 37.2. The van der Waals surface area contributed by atoms with Crippen molar-refractivity contribution in [2.24, 2.45) is 0 Å². The predicted molar refractivity (Wildman–Crippen MR) is 136 cm³/mol. The SMILES string of the molecule is CCOc1cc(/C=C(\C#N)c2ccc([N+](=O)[O-])cc2)cc(I)c1OS(=O)(=O)c1ccc(C)cc1. The monoisotopic (exact) mass is 590 g/mol. The van der Waals surface area contributed by atoms with Gasteiger partial charge in [-0.2, -0.15) is 13.7 Å². The van der Waals surface area contributed by atoms with Crippen LogP contribution in [0.15, 0.2) is 65.6 Å². The topological polar surface area (TPSA) is 120 Å². The number of nitro benzene ring substituents is 1. The van der Waals surface area contributed by atoms with Gasteiger partial charge in [0.15, 0.2) is 11.5 Å². The molecule has 0 saturated carbocycles. The Morgan fingerprint density at radius 1 is 1.15 bits per heavy atom. The highest BCUT2D eigenvalue weighted by molar-refractivity contribution is 14.1. The Hall–Kier alpha value is -3.43. The number of aryl methyl sites for hydroxylation is 1. The first kappa shape index (κ1) is 25.2. The van der Waals surface area contributed by atoms with Crippen molar-refractivity contribution in [3.8, 4) is 17.6 Å². The Morgan fingerprint density at radius 3 is 2.35 bits per heavy atom. The minimum atomic E-state index is -4.10. The number of nitriles is 1. The number of halogens is 1. The minimum Gasteiger partial charge on any atom is -0.490 e. The van der Waals surface area contributed by atoms with Crippen LogP contribution >= 0.6 is 22.6 Å². The van der Waals surface area contributed by atoms with E-state index in [1.165, 1.54) is 36.4 Å². The van der Waals surface area contributed by atoms with E-state index < -0.39 is 15.0 Å². The second-order valence-electron chi connectivity index (χ2n) is 7.09. The molecule has 3 rings (SSSR count). The fourth-order valence-corrected chi connectivity index (χ4v) is 4.83. The van der Waals surface area contributed by atoms with Crippen LogP contribution in [-0.4, -0.2) is 19.9 Å².